The molecule has 1 amide bonds. The van der Waals surface area contributed by atoms with Crippen molar-refractivity contribution in [2.24, 2.45) is 5.92 Å². The van der Waals surface area contributed by atoms with Crippen LogP contribution in [0.2, 0.25) is 0 Å². The van der Waals surface area contributed by atoms with E-state index in [0.29, 0.717) is 19.1 Å². The minimum absolute atomic E-state index is 0.0884. The van der Waals surface area contributed by atoms with Crippen LogP contribution in [0.25, 0.3) is 0 Å². The second kappa shape index (κ2) is 6.33. The molecule has 1 heterocycles. The quantitative estimate of drug-likeness (QED) is 0.806. The number of nitrogens with one attached hydrogen (secondary N) is 1. The Hall–Kier alpha value is -1.29. The van der Waals surface area contributed by atoms with Crippen molar-refractivity contribution in [3.05, 3.63) is 24.2 Å². The smallest absolute Gasteiger partial charge is 0.217 e. The molecule has 0 saturated carbocycles. The van der Waals surface area contributed by atoms with Crippen molar-refractivity contribution in [3.8, 4) is 0 Å². The van der Waals surface area contributed by atoms with Crippen molar-refractivity contribution >= 4 is 5.91 Å². The average Bonchev–Trinajstić information content (AvgIpc) is 2.67. The number of hydrogen-bond acceptors (Lipinski definition) is 3. The van der Waals surface area contributed by atoms with Crippen LogP contribution in [0.4, 0.5) is 0 Å². The van der Waals surface area contributed by atoms with E-state index in [1.807, 2.05) is 6.07 Å². The maximum atomic E-state index is 11.0. The molecule has 0 aliphatic heterocycles. The summed E-state index contributed by atoms with van der Waals surface area (Å²) < 4.78 is 10.8. The Bertz CT molecular complexity index is 306. The van der Waals surface area contributed by atoms with E-state index < -0.39 is 0 Å². The molecule has 90 valence electrons. The molecule has 1 aromatic rings. The Morgan fingerprint density at radius 3 is 2.75 bits per heavy atom. The number of carbonyl (C=O) groups excluding carboxylic acids is 1. The summed E-state index contributed by atoms with van der Waals surface area (Å²) in [6, 6.07) is 3.43. The van der Waals surface area contributed by atoms with Crippen molar-refractivity contribution in [3.63, 3.8) is 0 Å². The third-order valence-electron chi connectivity index (χ3n) is 2.00. The van der Waals surface area contributed by atoms with E-state index in [4.69, 9.17) is 9.15 Å². The Labute approximate surface area is 96.0 Å². The highest BCUT2D eigenvalue weighted by Crippen LogP contribution is 2.14. The first kappa shape index (κ1) is 12.8. The van der Waals surface area contributed by atoms with Gasteiger partial charge in [-0.15, -0.1) is 0 Å². The molecule has 4 nitrogen and oxygen atoms in total. The first-order chi connectivity index (χ1) is 7.59. The number of hydrogen-bond donors (Lipinski definition) is 1. The van der Waals surface area contributed by atoms with Crippen LogP contribution in [0, 0.1) is 5.92 Å². The third-order valence-corrected chi connectivity index (χ3v) is 2.00. The molecule has 0 radical (unpaired) electrons. The minimum Gasteiger partial charge on any atom is -0.467 e. The van der Waals surface area contributed by atoms with Gasteiger partial charge in [0.1, 0.15) is 11.8 Å². The van der Waals surface area contributed by atoms with Crippen LogP contribution in [-0.4, -0.2) is 19.1 Å². The van der Waals surface area contributed by atoms with Crippen LogP contribution in [-0.2, 0) is 9.53 Å². The number of ether oxygens (including phenoxy) is 1. The lowest BCUT2D eigenvalue weighted by atomic mass is 10.2. The molecule has 4 heteroatoms. The standard InChI is InChI=1S/C12H19NO3/c1-9(2)7-15-8-11(13-10(3)14)12-5-4-6-16-12/h4-6,9,11H,7-8H2,1-3H3,(H,13,14). The summed E-state index contributed by atoms with van der Waals surface area (Å²) in [6.07, 6.45) is 1.59. The van der Waals surface area contributed by atoms with Gasteiger partial charge in [0.25, 0.3) is 0 Å². The fraction of sp³-hybridized carbons (Fsp3) is 0.583. The fourth-order valence-corrected chi connectivity index (χ4v) is 1.35. The zero-order chi connectivity index (χ0) is 12.0. The first-order valence-electron chi connectivity index (χ1n) is 5.48. The lowest BCUT2D eigenvalue weighted by molar-refractivity contribution is -0.120. The van der Waals surface area contributed by atoms with E-state index in [1.54, 1.807) is 12.3 Å². The molecule has 0 aliphatic carbocycles. The minimum atomic E-state index is -0.203. The lowest BCUT2D eigenvalue weighted by Crippen LogP contribution is -2.29. The molecule has 16 heavy (non-hydrogen) atoms. The van der Waals surface area contributed by atoms with Gasteiger partial charge in [-0.05, 0) is 18.1 Å². The predicted octanol–water partition coefficient (Wildman–Crippen LogP) is 2.13. The Balaban J connectivity index is 2.48. The third kappa shape index (κ3) is 4.49. The molecular weight excluding hydrogens is 206 g/mol. The Morgan fingerprint density at radius 1 is 1.50 bits per heavy atom. The Morgan fingerprint density at radius 2 is 2.25 bits per heavy atom. The zero-order valence-electron chi connectivity index (χ0n) is 10.0. The van der Waals surface area contributed by atoms with Gasteiger partial charge in [0, 0.05) is 13.5 Å². The van der Waals surface area contributed by atoms with Crippen LogP contribution in [0.5, 0.6) is 0 Å². The SMILES string of the molecule is CC(=O)NC(COCC(C)C)c1ccco1. The van der Waals surface area contributed by atoms with Crippen LogP contribution < -0.4 is 5.32 Å². The molecule has 0 fully saturated rings. The molecule has 0 aromatic carbocycles. The molecule has 1 unspecified atom stereocenters. The van der Waals surface area contributed by atoms with Crippen LogP contribution in [0.15, 0.2) is 22.8 Å². The van der Waals surface area contributed by atoms with Gasteiger partial charge < -0.3 is 14.5 Å². The van der Waals surface area contributed by atoms with Crippen molar-refractivity contribution < 1.29 is 13.9 Å². The van der Waals surface area contributed by atoms with Gasteiger partial charge in [-0.1, -0.05) is 13.8 Å². The summed E-state index contributed by atoms with van der Waals surface area (Å²) in [5.74, 6) is 1.11. The van der Waals surface area contributed by atoms with Crippen molar-refractivity contribution in [2.45, 2.75) is 26.8 Å². The monoisotopic (exact) mass is 225 g/mol. The fourth-order valence-electron chi connectivity index (χ4n) is 1.35. The van der Waals surface area contributed by atoms with E-state index >= 15 is 0 Å². The Kier molecular flexibility index (Phi) is 5.05. The average molecular weight is 225 g/mol. The van der Waals surface area contributed by atoms with Gasteiger partial charge in [0.15, 0.2) is 0 Å². The van der Waals surface area contributed by atoms with Crippen LogP contribution in [0.3, 0.4) is 0 Å². The second-order valence-electron chi connectivity index (χ2n) is 4.20. The van der Waals surface area contributed by atoms with Crippen molar-refractivity contribution in [1.29, 1.82) is 0 Å². The van der Waals surface area contributed by atoms with Crippen molar-refractivity contribution in [2.75, 3.05) is 13.2 Å². The van der Waals surface area contributed by atoms with Crippen LogP contribution >= 0.6 is 0 Å². The maximum absolute atomic E-state index is 11.0. The molecule has 0 bridgehead atoms. The molecule has 0 spiro atoms. The number of amides is 1. The lowest BCUT2D eigenvalue weighted by Gasteiger charge is -2.16. The zero-order valence-corrected chi connectivity index (χ0v) is 10.0. The summed E-state index contributed by atoms with van der Waals surface area (Å²) in [4.78, 5) is 11.0. The van der Waals surface area contributed by atoms with Gasteiger partial charge in [-0.25, -0.2) is 0 Å². The highest BCUT2D eigenvalue weighted by molar-refractivity contribution is 5.73. The molecule has 1 rings (SSSR count). The summed E-state index contributed by atoms with van der Waals surface area (Å²) in [5.41, 5.74) is 0. The maximum Gasteiger partial charge on any atom is 0.217 e. The van der Waals surface area contributed by atoms with E-state index in [-0.39, 0.29) is 11.9 Å². The van der Waals surface area contributed by atoms with E-state index in [1.165, 1.54) is 6.92 Å². The molecule has 1 aromatic heterocycles. The summed E-state index contributed by atoms with van der Waals surface area (Å²) in [5, 5.41) is 2.80. The van der Waals surface area contributed by atoms with Gasteiger partial charge in [0.05, 0.1) is 12.9 Å². The van der Waals surface area contributed by atoms with E-state index in [2.05, 4.69) is 19.2 Å². The van der Waals surface area contributed by atoms with Gasteiger partial charge in [-0.3, -0.25) is 4.79 Å². The van der Waals surface area contributed by atoms with E-state index in [0.717, 1.165) is 5.76 Å². The first-order valence-corrected chi connectivity index (χ1v) is 5.48. The molecular formula is C12H19NO3. The summed E-state index contributed by atoms with van der Waals surface area (Å²) in [7, 11) is 0. The molecule has 0 saturated heterocycles. The highest BCUT2D eigenvalue weighted by Gasteiger charge is 2.15. The highest BCUT2D eigenvalue weighted by atomic mass is 16.5. The largest absolute Gasteiger partial charge is 0.467 e. The number of rotatable bonds is 6. The number of furan rings is 1. The van der Waals surface area contributed by atoms with Crippen molar-refractivity contribution in [1.82, 2.24) is 5.32 Å². The van der Waals surface area contributed by atoms with Gasteiger partial charge in [-0.2, -0.15) is 0 Å². The van der Waals surface area contributed by atoms with Gasteiger partial charge in [0.2, 0.25) is 5.91 Å². The van der Waals surface area contributed by atoms with Crippen LogP contribution in [0.1, 0.15) is 32.6 Å². The van der Waals surface area contributed by atoms with Gasteiger partial charge >= 0.3 is 0 Å². The van der Waals surface area contributed by atoms with E-state index in [9.17, 15) is 4.79 Å². The molecule has 0 aliphatic rings. The summed E-state index contributed by atoms with van der Waals surface area (Å²) in [6.45, 7) is 6.76. The molecule has 1 atom stereocenters. The second-order valence-corrected chi connectivity index (χ2v) is 4.20. The summed E-state index contributed by atoms with van der Waals surface area (Å²) >= 11 is 0. The predicted molar refractivity (Wildman–Crippen MR) is 60.9 cm³/mol. The number of carbonyl (C=O) groups is 1. The molecule has 1 N–H and O–H groups in total. The normalized spacial score (nSPS) is 12.8. The topological polar surface area (TPSA) is 51.5 Å².